The SMILES string of the molecule is FC(F)(F)CCNc1nc(Cl)nc2sccc12. The predicted octanol–water partition coefficient (Wildman–Crippen LogP) is 3.71. The number of alkyl halides is 3. The van der Waals surface area contributed by atoms with Crippen LogP contribution in [-0.4, -0.2) is 22.7 Å². The molecule has 0 aliphatic carbocycles. The monoisotopic (exact) mass is 281 g/mol. The molecule has 2 aromatic heterocycles. The first-order valence-corrected chi connectivity index (χ1v) is 5.93. The molecule has 2 heterocycles. The maximum atomic E-state index is 12.0. The number of hydrogen-bond donors (Lipinski definition) is 1. The van der Waals surface area contributed by atoms with Crippen LogP contribution in [0.4, 0.5) is 19.0 Å². The number of hydrogen-bond acceptors (Lipinski definition) is 4. The van der Waals surface area contributed by atoms with Crippen molar-refractivity contribution in [2.75, 3.05) is 11.9 Å². The van der Waals surface area contributed by atoms with E-state index in [9.17, 15) is 13.2 Å². The second-order valence-corrected chi connectivity index (χ2v) is 4.51. The van der Waals surface area contributed by atoms with Crippen LogP contribution in [-0.2, 0) is 0 Å². The zero-order valence-corrected chi connectivity index (χ0v) is 9.96. The summed E-state index contributed by atoms with van der Waals surface area (Å²) in [5.41, 5.74) is 0. The normalized spacial score (nSPS) is 12.0. The van der Waals surface area contributed by atoms with E-state index in [0.717, 1.165) is 0 Å². The van der Waals surface area contributed by atoms with Gasteiger partial charge in [0.15, 0.2) is 0 Å². The van der Waals surface area contributed by atoms with Crippen LogP contribution in [0.15, 0.2) is 11.4 Å². The van der Waals surface area contributed by atoms with Crippen LogP contribution in [0.5, 0.6) is 0 Å². The second kappa shape index (κ2) is 4.66. The van der Waals surface area contributed by atoms with Gasteiger partial charge in [-0.05, 0) is 23.0 Å². The van der Waals surface area contributed by atoms with E-state index >= 15 is 0 Å². The number of thiophene rings is 1. The molecule has 2 aromatic rings. The molecule has 8 heteroatoms. The van der Waals surface area contributed by atoms with Crippen molar-refractivity contribution < 1.29 is 13.2 Å². The Bertz CT molecular complexity index is 526. The van der Waals surface area contributed by atoms with Crippen LogP contribution in [0.1, 0.15) is 6.42 Å². The molecular formula is C9H7ClF3N3S. The minimum Gasteiger partial charge on any atom is -0.369 e. The first-order valence-electron chi connectivity index (χ1n) is 4.67. The molecule has 0 spiro atoms. The van der Waals surface area contributed by atoms with Gasteiger partial charge in [0.1, 0.15) is 10.6 Å². The molecule has 0 unspecified atom stereocenters. The first kappa shape index (κ1) is 12.4. The Morgan fingerprint density at radius 2 is 2.12 bits per heavy atom. The van der Waals surface area contributed by atoms with Gasteiger partial charge in [-0.1, -0.05) is 0 Å². The average Bonchev–Trinajstić information content (AvgIpc) is 2.63. The summed E-state index contributed by atoms with van der Waals surface area (Å²) in [5, 5.41) is 5.11. The Hall–Kier alpha value is -1.08. The van der Waals surface area contributed by atoms with Crippen molar-refractivity contribution >= 4 is 39.0 Å². The predicted molar refractivity (Wildman–Crippen MR) is 61.6 cm³/mol. The van der Waals surface area contributed by atoms with E-state index in [1.807, 2.05) is 0 Å². The van der Waals surface area contributed by atoms with Gasteiger partial charge >= 0.3 is 6.18 Å². The van der Waals surface area contributed by atoms with Gasteiger partial charge in [-0.3, -0.25) is 0 Å². The summed E-state index contributed by atoms with van der Waals surface area (Å²) in [7, 11) is 0. The number of nitrogens with zero attached hydrogens (tertiary/aromatic N) is 2. The van der Waals surface area contributed by atoms with Gasteiger partial charge in [0, 0.05) is 6.54 Å². The Balaban J connectivity index is 2.15. The third kappa shape index (κ3) is 3.19. The van der Waals surface area contributed by atoms with Gasteiger partial charge in [-0.2, -0.15) is 13.2 Å². The lowest BCUT2D eigenvalue weighted by Gasteiger charge is -2.09. The van der Waals surface area contributed by atoms with E-state index in [0.29, 0.717) is 16.0 Å². The fourth-order valence-corrected chi connectivity index (χ4v) is 2.27. The van der Waals surface area contributed by atoms with Gasteiger partial charge in [-0.15, -0.1) is 11.3 Å². The van der Waals surface area contributed by atoms with Crippen molar-refractivity contribution in [3.05, 3.63) is 16.7 Å². The van der Waals surface area contributed by atoms with Crippen molar-refractivity contribution in [2.24, 2.45) is 0 Å². The Morgan fingerprint density at radius 1 is 1.35 bits per heavy atom. The summed E-state index contributed by atoms with van der Waals surface area (Å²) in [6.45, 7) is -0.234. The Labute approximate surface area is 104 Å². The van der Waals surface area contributed by atoms with Crippen molar-refractivity contribution in [3.8, 4) is 0 Å². The van der Waals surface area contributed by atoms with E-state index in [1.165, 1.54) is 11.3 Å². The third-order valence-corrected chi connectivity index (χ3v) is 2.97. The van der Waals surface area contributed by atoms with E-state index in [4.69, 9.17) is 11.6 Å². The van der Waals surface area contributed by atoms with E-state index in [1.54, 1.807) is 11.4 Å². The van der Waals surface area contributed by atoms with Crippen molar-refractivity contribution in [1.82, 2.24) is 9.97 Å². The minimum absolute atomic E-state index is 0.0226. The number of anilines is 1. The minimum atomic E-state index is -4.18. The van der Waals surface area contributed by atoms with Crippen molar-refractivity contribution in [3.63, 3.8) is 0 Å². The van der Waals surface area contributed by atoms with E-state index in [2.05, 4.69) is 15.3 Å². The lowest BCUT2D eigenvalue weighted by Crippen LogP contribution is -2.15. The summed E-state index contributed by atoms with van der Waals surface area (Å²) in [6, 6.07) is 1.74. The fraction of sp³-hybridized carbons (Fsp3) is 0.333. The molecule has 0 aliphatic heterocycles. The van der Waals surface area contributed by atoms with Crippen LogP contribution in [0.2, 0.25) is 5.28 Å². The molecule has 0 atom stereocenters. The molecular weight excluding hydrogens is 275 g/mol. The van der Waals surface area contributed by atoms with Gasteiger partial charge in [0.05, 0.1) is 11.8 Å². The van der Waals surface area contributed by atoms with Gasteiger partial charge in [0.2, 0.25) is 5.28 Å². The van der Waals surface area contributed by atoms with Crippen molar-refractivity contribution in [1.29, 1.82) is 0 Å². The molecule has 3 nitrogen and oxygen atoms in total. The summed E-state index contributed by atoms with van der Waals surface area (Å²) >= 11 is 7.03. The maximum absolute atomic E-state index is 12.0. The molecule has 92 valence electrons. The second-order valence-electron chi connectivity index (χ2n) is 3.27. The zero-order chi connectivity index (χ0) is 12.5. The van der Waals surface area contributed by atoms with Crippen molar-refractivity contribution in [2.45, 2.75) is 12.6 Å². The first-order chi connectivity index (χ1) is 7.96. The molecule has 1 N–H and O–H groups in total. The fourth-order valence-electron chi connectivity index (χ4n) is 1.29. The lowest BCUT2D eigenvalue weighted by molar-refractivity contribution is -0.131. The molecule has 0 bridgehead atoms. The van der Waals surface area contributed by atoms with Crippen LogP contribution >= 0.6 is 22.9 Å². The van der Waals surface area contributed by atoms with E-state index < -0.39 is 12.6 Å². The highest BCUT2D eigenvalue weighted by atomic mass is 35.5. The van der Waals surface area contributed by atoms with Crippen LogP contribution < -0.4 is 5.32 Å². The summed E-state index contributed by atoms with van der Waals surface area (Å²) in [4.78, 5) is 8.49. The molecule has 0 saturated heterocycles. The quantitative estimate of drug-likeness (QED) is 0.872. The van der Waals surface area contributed by atoms with Crippen LogP contribution in [0, 0.1) is 0 Å². The lowest BCUT2D eigenvalue weighted by atomic mass is 10.3. The molecule has 0 aromatic carbocycles. The molecule has 0 saturated carbocycles. The Kier molecular flexibility index (Phi) is 3.39. The number of nitrogens with one attached hydrogen (secondary N) is 1. The maximum Gasteiger partial charge on any atom is 0.390 e. The van der Waals surface area contributed by atoms with Crippen LogP contribution in [0.25, 0.3) is 10.2 Å². The van der Waals surface area contributed by atoms with Gasteiger partial charge in [0.25, 0.3) is 0 Å². The highest BCUT2D eigenvalue weighted by Crippen LogP contribution is 2.27. The topological polar surface area (TPSA) is 37.8 Å². The molecule has 2 rings (SSSR count). The van der Waals surface area contributed by atoms with Crippen LogP contribution in [0.3, 0.4) is 0 Å². The summed E-state index contributed by atoms with van der Waals surface area (Å²) < 4.78 is 36.0. The van der Waals surface area contributed by atoms with Gasteiger partial charge in [-0.25, -0.2) is 9.97 Å². The summed E-state index contributed by atoms with van der Waals surface area (Å²) in [5.74, 6) is 0.338. The Morgan fingerprint density at radius 3 is 2.82 bits per heavy atom. The number of rotatable bonds is 3. The number of fused-ring (bicyclic) bond motifs is 1. The third-order valence-electron chi connectivity index (χ3n) is 2.00. The molecule has 0 aliphatic rings. The largest absolute Gasteiger partial charge is 0.390 e. The summed E-state index contributed by atoms with van der Waals surface area (Å²) in [6.07, 6.45) is -5.10. The zero-order valence-electron chi connectivity index (χ0n) is 8.38. The average molecular weight is 282 g/mol. The molecule has 0 amide bonds. The molecule has 17 heavy (non-hydrogen) atoms. The smallest absolute Gasteiger partial charge is 0.369 e. The standard InChI is InChI=1S/C9H7ClF3N3S/c10-8-15-6(14-3-2-9(11,12)13)5-1-4-17-7(5)16-8/h1,4H,2-3H2,(H,14,15,16). The highest BCUT2D eigenvalue weighted by Gasteiger charge is 2.26. The van der Waals surface area contributed by atoms with E-state index in [-0.39, 0.29) is 11.8 Å². The number of halogens is 4. The number of aromatic nitrogens is 2. The van der Waals surface area contributed by atoms with Gasteiger partial charge < -0.3 is 5.32 Å². The molecule has 0 radical (unpaired) electrons. The molecule has 0 fully saturated rings. The highest BCUT2D eigenvalue weighted by molar-refractivity contribution is 7.16.